The fourth-order valence-corrected chi connectivity index (χ4v) is 1.58. The first-order chi connectivity index (χ1) is 7.76. The number of hydrogen-bond acceptors (Lipinski definition) is 3. The highest BCUT2D eigenvalue weighted by Gasteiger charge is 2.50. The third-order valence-electron chi connectivity index (χ3n) is 2.48. The van der Waals surface area contributed by atoms with Gasteiger partial charge >= 0.3 is 12.1 Å². The summed E-state index contributed by atoms with van der Waals surface area (Å²) >= 11 is 0. The lowest BCUT2D eigenvalue weighted by atomic mass is 10.2. The number of carboxylic acids is 1. The zero-order chi connectivity index (χ0) is 13.2. The summed E-state index contributed by atoms with van der Waals surface area (Å²) in [6, 6.07) is 0. The summed E-state index contributed by atoms with van der Waals surface area (Å²) in [6.45, 7) is -2.50. The standard InChI is InChI=1S/C9H12F3NO4/c10-9(11,12)4-13(1-2-14)7(15)5-3-6(5)8(16)17/h5-6,14H,1-4H2,(H,16,17). The van der Waals surface area contributed by atoms with Crippen LogP contribution in [0.1, 0.15) is 6.42 Å². The van der Waals surface area contributed by atoms with E-state index in [1.165, 1.54) is 0 Å². The van der Waals surface area contributed by atoms with E-state index in [4.69, 9.17) is 10.2 Å². The molecule has 0 aromatic heterocycles. The summed E-state index contributed by atoms with van der Waals surface area (Å²) < 4.78 is 36.4. The number of aliphatic carboxylic acids is 1. The summed E-state index contributed by atoms with van der Waals surface area (Å²) in [4.78, 5) is 22.5. The maximum Gasteiger partial charge on any atom is 0.406 e. The fourth-order valence-electron chi connectivity index (χ4n) is 1.58. The van der Waals surface area contributed by atoms with Gasteiger partial charge in [0.2, 0.25) is 5.91 Å². The molecule has 0 heterocycles. The van der Waals surface area contributed by atoms with Crippen LogP contribution in [-0.2, 0) is 9.59 Å². The molecule has 0 aromatic rings. The number of hydrogen-bond donors (Lipinski definition) is 2. The van der Waals surface area contributed by atoms with Gasteiger partial charge in [0.1, 0.15) is 6.54 Å². The van der Waals surface area contributed by atoms with Crippen molar-refractivity contribution in [3.05, 3.63) is 0 Å². The Morgan fingerprint density at radius 2 is 1.88 bits per heavy atom. The van der Waals surface area contributed by atoms with Crippen molar-refractivity contribution in [1.82, 2.24) is 4.90 Å². The molecular weight excluding hydrogens is 243 g/mol. The summed E-state index contributed by atoms with van der Waals surface area (Å²) in [5.41, 5.74) is 0. The second kappa shape index (κ2) is 4.91. The molecule has 0 saturated heterocycles. The minimum Gasteiger partial charge on any atom is -0.481 e. The monoisotopic (exact) mass is 255 g/mol. The molecule has 8 heteroatoms. The summed E-state index contributed by atoms with van der Waals surface area (Å²) in [5, 5.41) is 17.2. The molecule has 1 fully saturated rings. The summed E-state index contributed by atoms with van der Waals surface area (Å²) in [7, 11) is 0. The van der Waals surface area contributed by atoms with E-state index in [-0.39, 0.29) is 6.42 Å². The number of halogens is 3. The van der Waals surface area contributed by atoms with Crippen LogP contribution in [0.5, 0.6) is 0 Å². The van der Waals surface area contributed by atoms with Gasteiger partial charge in [-0.15, -0.1) is 0 Å². The van der Waals surface area contributed by atoms with Gasteiger partial charge in [-0.05, 0) is 6.42 Å². The second-order valence-electron chi connectivity index (χ2n) is 3.89. The van der Waals surface area contributed by atoms with E-state index in [1.807, 2.05) is 0 Å². The van der Waals surface area contributed by atoms with Crippen LogP contribution in [0, 0.1) is 11.8 Å². The molecule has 0 aromatic carbocycles. The molecule has 5 nitrogen and oxygen atoms in total. The molecule has 1 amide bonds. The van der Waals surface area contributed by atoms with Gasteiger partial charge in [0.05, 0.1) is 18.4 Å². The number of carbonyl (C=O) groups excluding carboxylic acids is 1. The molecule has 2 atom stereocenters. The predicted molar refractivity (Wildman–Crippen MR) is 49.0 cm³/mol. The normalized spacial score (nSPS) is 23.3. The molecule has 0 bridgehead atoms. The minimum atomic E-state index is -4.56. The van der Waals surface area contributed by atoms with Crippen molar-refractivity contribution in [2.75, 3.05) is 19.7 Å². The van der Waals surface area contributed by atoms with Crippen LogP contribution in [0.25, 0.3) is 0 Å². The van der Waals surface area contributed by atoms with Crippen molar-refractivity contribution in [1.29, 1.82) is 0 Å². The maximum atomic E-state index is 12.1. The van der Waals surface area contributed by atoms with E-state index < -0.39 is 49.6 Å². The highest BCUT2D eigenvalue weighted by molar-refractivity contribution is 5.89. The van der Waals surface area contributed by atoms with Crippen LogP contribution in [0.4, 0.5) is 13.2 Å². The molecule has 2 N–H and O–H groups in total. The molecule has 0 aliphatic heterocycles. The number of nitrogens with zero attached hydrogens (tertiary/aromatic N) is 1. The first-order valence-electron chi connectivity index (χ1n) is 4.95. The van der Waals surface area contributed by atoms with Gasteiger partial charge in [-0.3, -0.25) is 9.59 Å². The molecule has 17 heavy (non-hydrogen) atoms. The van der Waals surface area contributed by atoms with Gasteiger partial charge in [-0.1, -0.05) is 0 Å². The lowest BCUT2D eigenvalue weighted by molar-refractivity contribution is -0.163. The predicted octanol–water partition coefficient (Wildman–Crippen LogP) is 0.0903. The van der Waals surface area contributed by atoms with E-state index in [9.17, 15) is 22.8 Å². The van der Waals surface area contributed by atoms with Gasteiger partial charge in [0.15, 0.2) is 0 Å². The molecule has 1 saturated carbocycles. The zero-order valence-electron chi connectivity index (χ0n) is 8.78. The third kappa shape index (κ3) is 3.88. The van der Waals surface area contributed by atoms with E-state index >= 15 is 0 Å². The molecule has 1 aliphatic rings. The molecule has 1 aliphatic carbocycles. The Kier molecular flexibility index (Phi) is 3.97. The van der Waals surface area contributed by atoms with Crippen LogP contribution in [0.15, 0.2) is 0 Å². The van der Waals surface area contributed by atoms with Crippen LogP contribution >= 0.6 is 0 Å². The van der Waals surface area contributed by atoms with Crippen molar-refractivity contribution in [3.63, 3.8) is 0 Å². The molecule has 1 rings (SSSR count). The van der Waals surface area contributed by atoms with Gasteiger partial charge in [0, 0.05) is 6.54 Å². The number of carbonyl (C=O) groups is 2. The Morgan fingerprint density at radius 1 is 1.29 bits per heavy atom. The van der Waals surface area contributed by atoms with E-state index in [1.54, 1.807) is 0 Å². The van der Waals surface area contributed by atoms with Crippen LogP contribution in [0.2, 0.25) is 0 Å². The molecule has 98 valence electrons. The zero-order valence-corrected chi connectivity index (χ0v) is 8.78. The van der Waals surface area contributed by atoms with Crippen LogP contribution in [-0.4, -0.2) is 52.9 Å². The molecule has 0 radical (unpaired) electrons. The number of alkyl halides is 3. The Labute approximate surface area is 94.8 Å². The number of carboxylic acid groups (broad SMARTS) is 1. The first-order valence-corrected chi connectivity index (χ1v) is 4.95. The largest absolute Gasteiger partial charge is 0.481 e. The van der Waals surface area contributed by atoms with Crippen LogP contribution < -0.4 is 0 Å². The minimum absolute atomic E-state index is 0.0634. The highest BCUT2D eigenvalue weighted by Crippen LogP contribution is 2.40. The first kappa shape index (κ1) is 13.8. The van der Waals surface area contributed by atoms with Crippen molar-refractivity contribution in [3.8, 4) is 0 Å². The molecular formula is C9H12F3NO4. The SMILES string of the molecule is O=C(O)C1CC1C(=O)N(CCO)CC(F)(F)F. The van der Waals surface area contributed by atoms with E-state index in [0.717, 1.165) is 0 Å². The smallest absolute Gasteiger partial charge is 0.406 e. The lowest BCUT2D eigenvalue weighted by Crippen LogP contribution is -2.41. The van der Waals surface area contributed by atoms with Crippen molar-refractivity contribution < 1.29 is 33.0 Å². The molecule has 0 spiro atoms. The maximum absolute atomic E-state index is 12.1. The van der Waals surface area contributed by atoms with E-state index in [0.29, 0.717) is 4.90 Å². The summed E-state index contributed by atoms with van der Waals surface area (Å²) in [6.07, 6.45) is -4.49. The van der Waals surface area contributed by atoms with Crippen molar-refractivity contribution in [2.24, 2.45) is 11.8 Å². The highest BCUT2D eigenvalue weighted by atomic mass is 19.4. The Bertz CT molecular complexity index is 318. The summed E-state index contributed by atoms with van der Waals surface area (Å²) in [5.74, 6) is -3.82. The number of aliphatic hydroxyl groups excluding tert-OH is 1. The van der Waals surface area contributed by atoms with Gasteiger partial charge in [-0.2, -0.15) is 13.2 Å². The number of rotatable bonds is 5. The molecule has 2 unspecified atom stereocenters. The second-order valence-corrected chi connectivity index (χ2v) is 3.89. The van der Waals surface area contributed by atoms with E-state index in [2.05, 4.69) is 0 Å². The number of amides is 1. The topological polar surface area (TPSA) is 77.8 Å². The lowest BCUT2D eigenvalue weighted by Gasteiger charge is -2.23. The van der Waals surface area contributed by atoms with Crippen molar-refractivity contribution in [2.45, 2.75) is 12.6 Å². The quantitative estimate of drug-likeness (QED) is 0.729. The average molecular weight is 255 g/mol. The van der Waals surface area contributed by atoms with Gasteiger partial charge in [0.25, 0.3) is 0 Å². The number of aliphatic hydroxyl groups is 1. The Hall–Kier alpha value is -1.31. The average Bonchev–Trinajstić information content (AvgIpc) is 2.93. The van der Waals surface area contributed by atoms with Gasteiger partial charge < -0.3 is 15.1 Å². The van der Waals surface area contributed by atoms with Crippen LogP contribution in [0.3, 0.4) is 0 Å². The Morgan fingerprint density at radius 3 is 2.24 bits per heavy atom. The van der Waals surface area contributed by atoms with Crippen molar-refractivity contribution >= 4 is 11.9 Å². The fraction of sp³-hybridized carbons (Fsp3) is 0.778. The Balaban J connectivity index is 2.59. The van der Waals surface area contributed by atoms with Gasteiger partial charge in [-0.25, -0.2) is 0 Å². The third-order valence-corrected chi connectivity index (χ3v) is 2.48.